The highest BCUT2D eigenvalue weighted by atomic mass is 35.5. The maximum atomic E-state index is 11.0. The standard InChI is InChI=1S/C8H13ClN2O2S2/c1-10-15(12,13)3-2-11-5-8-4-7(9)6-14-8/h4,6,10-11H,2-3,5H2,1H3. The Morgan fingerprint density at radius 3 is 2.80 bits per heavy atom. The van der Waals surface area contributed by atoms with Crippen LogP contribution in [-0.2, 0) is 16.6 Å². The first-order chi connectivity index (χ1) is 7.03. The van der Waals surface area contributed by atoms with Gasteiger partial charge in [0, 0.05) is 23.3 Å². The van der Waals surface area contributed by atoms with Crippen LogP contribution in [0.5, 0.6) is 0 Å². The van der Waals surface area contributed by atoms with E-state index >= 15 is 0 Å². The van der Waals surface area contributed by atoms with Gasteiger partial charge in [0.2, 0.25) is 10.0 Å². The molecule has 1 aromatic rings. The van der Waals surface area contributed by atoms with Crippen LogP contribution >= 0.6 is 22.9 Å². The fourth-order valence-electron chi connectivity index (χ4n) is 0.967. The molecule has 0 radical (unpaired) electrons. The molecular weight excluding hydrogens is 256 g/mol. The number of rotatable bonds is 6. The van der Waals surface area contributed by atoms with E-state index in [1.165, 1.54) is 7.05 Å². The summed E-state index contributed by atoms with van der Waals surface area (Å²) >= 11 is 7.30. The van der Waals surface area contributed by atoms with Crippen molar-refractivity contribution >= 4 is 33.0 Å². The number of hydrogen-bond donors (Lipinski definition) is 2. The first-order valence-electron chi connectivity index (χ1n) is 4.38. The molecule has 1 rings (SSSR count). The van der Waals surface area contributed by atoms with Crippen LogP contribution in [0.3, 0.4) is 0 Å². The van der Waals surface area contributed by atoms with E-state index in [-0.39, 0.29) is 5.75 Å². The Kier molecular flexibility index (Phi) is 5.01. The zero-order chi connectivity index (χ0) is 11.3. The summed E-state index contributed by atoms with van der Waals surface area (Å²) in [6.45, 7) is 1.08. The summed E-state index contributed by atoms with van der Waals surface area (Å²) < 4.78 is 24.3. The van der Waals surface area contributed by atoms with Crippen LogP contribution in [0.15, 0.2) is 11.4 Å². The molecule has 1 aromatic heterocycles. The molecule has 86 valence electrons. The molecule has 2 N–H and O–H groups in total. The highest BCUT2D eigenvalue weighted by Crippen LogP contribution is 2.18. The zero-order valence-corrected chi connectivity index (χ0v) is 10.7. The summed E-state index contributed by atoms with van der Waals surface area (Å²) in [5.74, 6) is 0.0859. The van der Waals surface area contributed by atoms with E-state index in [1.54, 1.807) is 11.3 Å². The van der Waals surface area contributed by atoms with E-state index in [0.29, 0.717) is 13.1 Å². The molecule has 1 heterocycles. The Morgan fingerprint density at radius 1 is 1.53 bits per heavy atom. The van der Waals surface area contributed by atoms with Gasteiger partial charge in [0.1, 0.15) is 0 Å². The van der Waals surface area contributed by atoms with Crippen molar-refractivity contribution in [3.8, 4) is 0 Å². The molecular formula is C8H13ClN2O2S2. The molecule has 0 bridgehead atoms. The van der Waals surface area contributed by atoms with E-state index in [0.717, 1.165) is 9.90 Å². The van der Waals surface area contributed by atoms with Crippen LogP contribution in [-0.4, -0.2) is 27.8 Å². The van der Waals surface area contributed by atoms with Gasteiger partial charge in [-0.15, -0.1) is 11.3 Å². The average Bonchev–Trinajstić information content (AvgIpc) is 2.59. The largest absolute Gasteiger partial charge is 0.311 e. The van der Waals surface area contributed by atoms with Gasteiger partial charge in [0.25, 0.3) is 0 Å². The summed E-state index contributed by atoms with van der Waals surface area (Å²) in [5.41, 5.74) is 0. The fourth-order valence-corrected chi connectivity index (χ4v) is 2.63. The molecule has 0 atom stereocenters. The minimum atomic E-state index is -3.10. The molecule has 0 saturated heterocycles. The van der Waals surface area contributed by atoms with Crippen molar-refractivity contribution < 1.29 is 8.42 Å². The second kappa shape index (κ2) is 5.81. The van der Waals surface area contributed by atoms with Crippen LogP contribution in [0.2, 0.25) is 5.02 Å². The Bertz CT molecular complexity index is 403. The van der Waals surface area contributed by atoms with E-state index in [2.05, 4.69) is 10.0 Å². The van der Waals surface area contributed by atoms with Crippen molar-refractivity contribution in [1.82, 2.24) is 10.0 Å². The number of thiophene rings is 1. The van der Waals surface area contributed by atoms with E-state index in [1.807, 2.05) is 11.4 Å². The van der Waals surface area contributed by atoms with Gasteiger partial charge in [0.05, 0.1) is 10.8 Å². The van der Waals surface area contributed by atoms with Crippen LogP contribution in [0, 0.1) is 0 Å². The number of nitrogens with one attached hydrogen (secondary N) is 2. The molecule has 0 aliphatic carbocycles. The summed E-state index contributed by atoms with van der Waals surface area (Å²) in [4.78, 5) is 1.10. The average molecular weight is 269 g/mol. The lowest BCUT2D eigenvalue weighted by molar-refractivity contribution is 0.583. The van der Waals surface area contributed by atoms with Crippen molar-refractivity contribution in [3.63, 3.8) is 0 Å². The number of sulfonamides is 1. The SMILES string of the molecule is CNS(=O)(=O)CCNCc1cc(Cl)cs1. The normalized spacial score (nSPS) is 11.9. The molecule has 0 spiro atoms. The second-order valence-corrected chi connectivity index (χ2v) is 6.41. The molecule has 15 heavy (non-hydrogen) atoms. The van der Waals surface area contributed by atoms with Gasteiger partial charge in [-0.3, -0.25) is 0 Å². The van der Waals surface area contributed by atoms with Crippen molar-refractivity contribution in [1.29, 1.82) is 0 Å². The van der Waals surface area contributed by atoms with Crippen LogP contribution in [0.1, 0.15) is 4.88 Å². The summed E-state index contributed by atoms with van der Waals surface area (Å²) in [7, 11) is -1.69. The maximum Gasteiger partial charge on any atom is 0.212 e. The Hall–Kier alpha value is -0.140. The van der Waals surface area contributed by atoms with Crippen molar-refractivity contribution in [2.24, 2.45) is 0 Å². The van der Waals surface area contributed by atoms with Crippen molar-refractivity contribution in [2.45, 2.75) is 6.54 Å². The van der Waals surface area contributed by atoms with Gasteiger partial charge in [-0.1, -0.05) is 11.6 Å². The monoisotopic (exact) mass is 268 g/mol. The van der Waals surface area contributed by atoms with Crippen LogP contribution < -0.4 is 10.0 Å². The molecule has 0 fully saturated rings. The van der Waals surface area contributed by atoms with E-state index < -0.39 is 10.0 Å². The van der Waals surface area contributed by atoms with Gasteiger partial charge in [-0.25, -0.2) is 13.1 Å². The highest BCUT2D eigenvalue weighted by Gasteiger charge is 2.05. The van der Waals surface area contributed by atoms with Crippen LogP contribution in [0.4, 0.5) is 0 Å². The molecule has 0 amide bonds. The predicted octanol–water partition coefficient (Wildman–Crippen LogP) is 1.04. The second-order valence-electron chi connectivity index (χ2n) is 2.93. The lowest BCUT2D eigenvalue weighted by atomic mass is 10.4. The van der Waals surface area contributed by atoms with Gasteiger partial charge >= 0.3 is 0 Å². The molecule has 0 aliphatic heterocycles. The summed E-state index contributed by atoms with van der Waals surface area (Å²) in [6, 6.07) is 1.87. The Morgan fingerprint density at radius 2 is 2.27 bits per heavy atom. The number of hydrogen-bond acceptors (Lipinski definition) is 4. The molecule has 7 heteroatoms. The Balaban J connectivity index is 2.23. The lowest BCUT2D eigenvalue weighted by Gasteiger charge is -2.03. The molecule has 0 unspecified atom stereocenters. The van der Waals surface area contributed by atoms with Crippen LogP contribution in [0.25, 0.3) is 0 Å². The van der Waals surface area contributed by atoms with Gasteiger partial charge in [-0.05, 0) is 13.1 Å². The minimum Gasteiger partial charge on any atom is -0.311 e. The topological polar surface area (TPSA) is 58.2 Å². The van der Waals surface area contributed by atoms with Gasteiger partial charge < -0.3 is 5.32 Å². The smallest absolute Gasteiger partial charge is 0.212 e. The third kappa shape index (κ3) is 4.94. The first-order valence-corrected chi connectivity index (χ1v) is 7.29. The first kappa shape index (κ1) is 12.9. The Labute approximate surface area is 98.7 Å². The highest BCUT2D eigenvalue weighted by molar-refractivity contribution is 7.89. The summed E-state index contributed by atoms with van der Waals surface area (Å²) in [5, 5.41) is 5.61. The van der Waals surface area contributed by atoms with Crippen molar-refractivity contribution in [3.05, 3.63) is 21.3 Å². The minimum absolute atomic E-state index is 0.0859. The predicted molar refractivity (Wildman–Crippen MR) is 63.9 cm³/mol. The molecule has 0 aliphatic rings. The van der Waals surface area contributed by atoms with Gasteiger partial charge in [-0.2, -0.15) is 0 Å². The number of halogens is 1. The summed E-state index contributed by atoms with van der Waals surface area (Å²) in [6.07, 6.45) is 0. The van der Waals surface area contributed by atoms with Crippen molar-refractivity contribution in [2.75, 3.05) is 19.3 Å². The van der Waals surface area contributed by atoms with Gasteiger partial charge in [0.15, 0.2) is 0 Å². The third-order valence-electron chi connectivity index (χ3n) is 1.78. The maximum absolute atomic E-state index is 11.0. The third-order valence-corrected chi connectivity index (χ3v) is 4.43. The fraction of sp³-hybridized carbons (Fsp3) is 0.500. The quantitative estimate of drug-likeness (QED) is 0.758. The molecule has 4 nitrogen and oxygen atoms in total. The van der Waals surface area contributed by atoms with E-state index in [4.69, 9.17) is 11.6 Å². The lowest BCUT2D eigenvalue weighted by Crippen LogP contribution is -2.29. The zero-order valence-electron chi connectivity index (χ0n) is 8.29. The molecule has 0 saturated carbocycles. The molecule has 0 aromatic carbocycles. The van der Waals surface area contributed by atoms with E-state index in [9.17, 15) is 8.42 Å².